The van der Waals surface area contributed by atoms with Crippen molar-refractivity contribution in [3.8, 4) is 0 Å². The Bertz CT molecular complexity index is 466. The second-order valence-corrected chi connectivity index (χ2v) is 8.65. The van der Waals surface area contributed by atoms with Crippen molar-refractivity contribution in [2.24, 2.45) is 11.3 Å². The molecular formula is C20H34N2O3. The molecule has 4 fully saturated rings. The van der Waals surface area contributed by atoms with Crippen molar-refractivity contribution in [1.29, 1.82) is 0 Å². The van der Waals surface area contributed by atoms with E-state index in [2.05, 4.69) is 9.80 Å². The predicted octanol–water partition coefficient (Wildman–Crippen LogP) is 2.99. The Kier molecular flexibility index (Phi) is 5.35. The number of nitrogens with zero attached hydrogens (tertiary/aromatic N) is 2. The molecule has 0 aromatic heterocycles. The normalized spacial score (nSPS) is 33.6. The average molecular weight is 351 g/mol. The molecular weight excluding hydrogens is 316 g/mol. The lowest BCUT2D eigenvalue weighted by atomic mass is 9.87. The molecule has 2 saturated carbocycles. The van der Waals surface area contributed by atoms with Gasteiger partial charge in [-0.05, 0) is 70.1 Å². The van der Waals surface area contributed by atoms with Gasteiger partial charge in [0.05, 0.1) is 18.6 Å². The summed E-state index contributed by atoms with van der Waals surface area (Å²) in [6.07, 6.45) is 11.1. The molecule has 0 bridgehead atoms. The third-order valence-corrected chi connectivity index (χ3v) is 6.80. The molecule has 2 heterocycles. The van der Waals surface area contributed by atoms with Crippen molar-refractivity contribution < 1.29 is 14.3 Å². The molecule has 5 nitrogen and oxygen atoms in total. The Balaban J connectivity index is 1.32. The summed E-state index contributed by atoms with van der Waals surface area (Å²) in [5.74, 6) is 0.0822. The first kappa shape index (κ1) is 17.7. The van der Waals surface area contributed by atoms with Crippen molar-refractivity contribution in [3.63, 3.8) is 0 Å². The fraction of sp³-hybridized carbons (Fsp3) is 0.950. The first-order valence-electron chi connectivity index (χ1n) is 10.5. The van der Waals surface area contributed by atoms with Crippen LogP contribution in [0.2, 0.25) is 0 Å². The highest BCUT2D eigenvalue weighted by Crippen LogP contribution is 2.53. The van der Waals surface area contributed by atoms with E-state index >= 15 is 0 Å². The first-order chi connectivity index (χ1) is 12.2. The van der Waals surface area contributed by atoms with Crippen molar-refractivity contribution in [1.82, 2.24) is 9.80 Å². The maximum absolute atomic E-state index is 11.9. The number of hydrogen-bond acceptors (Lipinski definition) is 5. The van der Waals surface area contributed by atoms with Crippen LogP contribution in [-0.4, -0.2) is 61.0 Å². The topological polar surface area (TPSA) is 42.0 Å². The van der Waals surface area contributed by atoms with Gasteiger partial charge in [-0.25, -0.2) is 0 Å². The lowest BCUT2D eigenvalue weighted by Crippen LogP contribution is -2.50. The van der Waals surface area contributed by atoms with Gasteiger partial charge in [-0.15, -0.1) is 0 Å². The van der Waals surface area contributed by atoms with E-state index in [1.165, 1.54) is 58.3 Å². The molecule has 0 aromatic rings. The third-order valence-electron chi connectivity index (χ3n) is 6.80. The summed E-state index contributed by atoms with van der Waals surface area (Å²) in [6.45, 7) is 7.14. The van der Waals surface area contributed by atoms with E-state index in [0.29, 0.717) is 18.1 Å². The monoisotopic (exact) mass is 350 g/mol. The Morgan fingerprint density at radius 3 is 2.36 bits per heavy atom. The van der Waals surface area contributed by atoms with E-state index in [1.54, 1.807) is 0 Å². The Hall–Kier alpha value is -0.650. The van der Waals surface area contributed by atoms with Gasteiger partial charge in [0.1, 0.15) is 0 Å². The minimum Gasteiger partial charge on any atom is -0.466 e. The maximum Gasteiger partial charge on any atom is 0.308 e. The number of hydrogen-bond donors (Lipinski definition) is 0. The van der Waals surface area contributed by atoms with Crippen molar-refractivity contribution >= 4 is 5.97 Å². The molecule has 0 radical (unpaired) electrons. The number of carbonyl (C=O) groups is 1. The second-order valence-electron chi connectivity index (χ2n) is 8.65. The van der Waals surface area contributed by atoms with Gasteiger partial charge in [0.15, 0.2) is 6.35 Å². The molecule has 2 aliphatic heterocycles. The van der Waals surface area contributed by atoms with Crippen molar-refractivity contribution in [2.75, 3.05) is 32.8 Å². The molecule has 5 heteroatoms. The predicted molar refractivity (Wildman–Crippen MR) is 95.9 cm³/mol. The van der Waals surface area contributed by atoms with E-state index < -0.39 is 0 Å². The van der Waals surface area contributed by atoms with Crippen LogP contribution >= 0.6 is 0 Å². The molecule has 4 rings (SSSR count). The van der Waals surface area contributed by atoms with Crippen molar-refractivity contribution in [3.05, 3.63) is 0 Å². The van der Waals surface area contributed by atoms with Crippen LogP contribution in [0.4, 0.5) is 0 Å². The highest BCUT2D eigenvalue weighted by atomic mass is 16.5. The Morgan fingerprint density at radius 1 is 1.04 bits per heavy atom. The molecule has 0 N–H and O–H groups in total. The van der Waals surface area contributed by atoms with Gasteiger partial charge in [-0.2, -0.15) is 0 Å². The maximum atomic E-state index is 11.9. The van der Waals surface area contributed by atoms with Crippen LogP contribution in [0.3, 0.4) is 0 Å². The largest absolute Gasteiger partial charge is 0.466 e. The highest BCUT2D eigenvalue weighted by molar-refractivity contribution is 5.72. The van der Waals surface area contributed by atoms with Gasteiger partial charge < -0.3 is 9.47 Å². The summed E-state index contributed by atoms with van der Waals surface area (Å²) in [5.41, 5.74) is 0.642. The molecule has 2 saturated heterocycles. The fourth-order valence-corrected chi connectivity index (χ4v) is 4.98. The number of carbonyl (C=O) groups excluding carboxylic acids is 1. The van der Waals surface area contributed by atoms with Crippen LogP contribution in [0.15, 0.2) is 0 Å². The Labute approximate surface area is 152 Å². The van der Waals surface area contributed by atoms with Gasteiger partial charge in [0.2, 0.25) is 0 Å². The lowest BCUT2D eigenvalue weighted by molar-refractivity contribution is -0.180. The van der Waals surface area contributed by atoms with E-state index in [9.17, 15) is 4.79 Å². The summed E-state index contributed by atoms with van der Waals surface area (Å²) in [5, 5.41) is 0. The van der Waals surface area contributed by atoms with E-state index in [0.717, 1.165) is 25.7 Å². The van der Waals surface area contributed by atoms with Crippen LogP contribution < -0.4 is 0 Å². The zero-order chi connectivity index (χ0) is 17.3. The SMILES string of the molecule is CCOC(=O)C1CCC(OC(N2CCCC2)N2CCC3(CC3)C2)CC1. The standard InChI is InChI=1S/C20H34N2O3/c1-2-24-18(23)16-5-7-17(8-6-16)25-19(21-12-3-4-13-21)22-14-11-20(15-22)9-10-20/h16-17,19H,2-15H2,1H3. The number of ether oxygens (including phenoxy) is 2. The summed E-state index contributed by atoms with van der Waals surface area (Å²) >= 11 is 0. The van der Waals surface area contributed by atoms with E-state index in [1.807, 2.05) is 6.92 Å². The van der Waals surface area contributed by atoms with Crippen LogP contribution in [0.5, 0.6) is 0 Å². The van der Waals surface area contributed by atoms with Gasteiger partial charge in [-0.3, -0.25) is 14.6 Å². The molecule has 4 aliphatic rings. The minimum atomic E-state index is -0.00717. The summed E-state index contributed by atoms with van der Waals surface area (Å²) in [4.78, 5) is 17.1. The van der Waals surface area contributed by atoms with E-state index in [-0.39, 0.29) is 18.2 Å². The Morgan fingerprint density at radius 2 is 1.76 bits per heavy atom. The van der Waals surface area contributed by atoms with Crippen LogP contribution in [0, 0.1) is 11.3 Å². The molecule has 0 amide bonds. The number of rotatable bonds is 6. The summed E-state index contributed by atoms with van der Waals surface area (Å²) in [7, 11) is 0. The molecule has 1 atom stereocenters. The molecule has 142 valence electrons. The lowest BCUT2D eigenvalue weighted by Gasteiger charge is -2.39. The zero-order valence-electron chi connectivity index (χ0n) is 15.8. The van der Waals surface area contributed by atoms with Crippen molar-refractivity contribution in [2.45, 2.75) is 77.2 Å². The minimum absolute atomic E-state index is 0.00717. The molecule has 0 aromatic carbocycles. The van der Waals surface area contributed by atoms with Crippen LogP contribution in [0.1, 0.15) is 64.7 Å². The number of likely N-dealkylation sites (tertiary alicyclic amines) is 2. The van der Waals surface area contributed by atoms with E-state index in [4.69, 9.17) is 9.47 Å². The smallest absolute Gasteiger partial charge is 0.308 e. The van der Waals surface area contributed by atoms with Gasteiger partial charge in [-0.1, -0.05) is 0 Å². The fourth-order valence-electron chi connectivity index (χ4n) is 4.98. The molecule has 1 spiro atoms. The highest BCUT2D eigenvalue weighted by Gasteiger charge is 2.50. The first-order valence-corrected chi connectivity index (χ1v) is 10.5. The average Bonchev–Trinajstić information content (AvgIpc) is 3.01. The quantitative estimate of drug-likeness (QED) is 0.689. The van der Waals surface area contributed by atoms with Gasteiger partial charge in [0, 0.05) is 26.2 Å². The second kappa shape index (κ2) is 7.53. The number of esters is 1. The zero-order valence-corrected chi connectivity index (χ0v) is 15.8. The van der Waals surface area contributed by atoms with Crippen LogP contribution in [0.25, 0.3) is 0 Å². The van der Waals surface area contributed by atoms with Gasteiger partial charge in [0.25, 0.3) is 0 Å². The summed E-state index contributed by atoms with van der Waals surface area (Å²) in [6, 6.07) is 0. The molecule has 25 heavy (non-hydrogen) atoms. The third kappa shape index (κ3) is 4.04. The summed E-state index contributed by atoms with van der Waals surface area (Å²) < 4.78 is 11.9. The molecule has 1 unspecified atom stereocenters. The van der Waals surface area contributed by atoms with Crippen LogP contribution in [-0.2, 0) is 14.3 Å². The molecule has 2 aliphatic carbocycles. The van der Waals surface area contributed by atoms with Gasteiger partial charge >= 0.3 is 5.97 Å².